The molecule has 1 saturated heterocycles. The molecule has 2 N–H and O–H groups in total. The fourth-order valence-electron chi connectivity index (χ4n) is 3.51. The highest BCUT2D eigenvalue weighted by molar-refractivity contribution is 5.79. The van der Waals surface area contributed by atoms with Gasteiger partial charge in [0.2, 0.25) is 0 Å². The number of likely N-dealkylation sites (tertiary alicyclic amines) is 1. The van der Waals surface area contributed by atoms with Crippen LogP contribution in [0.25, 0.3) is 0 Å². The van der Waals surface area contributed by atoms with E-state index in [0.717, 1.165) is 45.2 Å². The van der Waals surface area contributed by atoms with Gasteiger partial charge in [-0.05, 0) is 57.7 Å². The van der Waals surface area contributed by atoms with Gasteiger partial charge in [0.25, 0.3) is 0 Å². The molecule has 1 fully saturated rings. The van der Waals surface area contributed by atoms with Crippen LogP contribution in [-0.2, 0) is 4.74 Å². The standard InChI is InChI=1S/C22H38N4O/c1-4-23-22(25-17-20-11-9-15-26(5-2)18-20)24-14-10-16-27-19(3)21-12-7-6-8-13-21/h6-8,12-13,19-20H,4-5,9-11,14-18H2,1-3H3,(H2,23,24,25). The lowest BCUT2D eigenvalue weighted by molar-refractivity contribution is 0.0646. The largest absolute Gasteiger partial charge is 0.374 e. The van der Waals surface area contributed by atoms with Gasteiger partial charge in [0.15, 0.2) is 5.96 Å². The van der Waals surface area contributed by atoms with E-state index < -0.39 is 0 Å². The van der Waals surface area contributed by atoms with Crippen LogP contribution < -0.4 is 10.6 Å². The molecule has 152 valence electrons. The van der Waals surface area contributed by atoms with Crippen LogP contribution in [-0.4, -0.2) is 56.7 Å². The molecule has 0 radical (unpaired) electrons. The molecule has 2 atom stereocenters. The molecule has 0 aromatic heterocycles. The summed E-state index contributed by atoms with van der Waals surface area (Å²) in [5.74, 6) is 1.62. The molecule has 0 amide bonds. The molecule has 1 aliphatic rings. The number of hydrogen-bond donors (Lipinski definition) is 2. The second-order valence-corrected chi connectivity index (χ2v) is 7.33. The molecule has 0 aliphatic carbocycles. The third kappa shape index (κ3) is 8.31. The van der Waals surface area contributed by atoms with Crippen LogP contribution in [0.2, 0.25) is 0 Å². The fraction of sp³-hybridized carbons (Fsp3) is 0.682. The van der Waals surface area contributed by atoms with Gasteiger partial charge in [-0.3, -0.25) is 4.99 Å². The van der Waals surface area contributed by atoms with Crippen molar-refractivity contribution < 1.29 is 4.74 Å². The van der Waals surface area contributed by atoms with Crippen LogP contribution >= 0.6 is 0 Å². The van der Waals surface area contributed by atoms with Gasteiger partial charge in [-0.1, -0.05) is 37.3 Å². The monoisotopic (exact) mass is 374 g/mol. The van der Waals surface area contributed by atoms with E-state index in [4.69, 9.17) is 9.73 Å². The van der Waals surface area contributed by atoms with Crippen molar-refractivity contribution in [2.24, 2.45) is 10.9 Å². The average Bonchev–Trinajstić information content (AvgIpc) is 2.72. The molecule has 5 heteroatoms. The Hall–Kier alpha value is -1.59. The number of hydrogen-bond acceptors (Lipinski definition) is 3. The van der Waals surface area contributed by atoms with E-state index in [-0.39, 0.29) is 6.10 Å². The highest BCUT2D eigenvalue weighted by atomic mass is 16.5. The minimum absolute atomic E-state index is 0.140. The number of rotatable bonds is 10. The molecule has 2 unspecified atom stereocenters. The van der Waals surface area contributed by atoms with Crippen molar-refractivity contribution >= 4 is 5.96 Å². The van der Waals surface area contributed by atoms with Crippen LogP contribution in [0.1, 0.15) is 51.7 Å². The molecule has 1 aliphatic heterocycles. The van der Waals surface area contributed by atoms with Gasteiger partial charge < -0.3 is 20.3 Å². The van der Waals surface area contributed by atoms with E-state index in [1.807, 2.05) is 6.07 Å². The van der Waals surface area contributed by atoms with Crippen LogP contribution in [0, 0.1) is 5.92 Å². The van der Waals surface area contributed by atoms with E-state index in [1.54, 1.807) is 0 Å². The van der Waals surface area contributed by atoms with E-state index in [2.05, 4.69) is 60.6 Å². The van der Waals surface area contributed by atoms with E-state index in [0.29, 0.717) is 5.92 Å². The molecule has 0 saturated carbocycles. The topological polar surface area (TPSA) is 48.9 Å². The summed E-state index contributed by atoms with van der Waals surface area (Å²) in [6, 6.07) is 10.4. The quantitative estimate of drug-likeness (QED) is 0.374. The Morgan fingerprint density at radius 2 is 2.07 bits per heavy atom. The van der Waals surface area contributed by atoms with Crippen LogP contribution in [0.15, 0.2) is 35.3 Å². The summed E-state index contributed by atoms with van der Waals surface area (Å²) in [5.41, 5.74) is 1.23. The van der Waals surface area contributed by atoms with Crippen molar-refractivity contribution in [2.75, 3.05) is 45.9 Å². The maximum Gasteiger partial charge on any atom is 0.191 e. The maximum absolute atomic E-state index is 5.94. The normalized spacial score (nSPS) is 19.7. The van der Waals surface area contributed by atoms with Crippen LogP contribution in [0.3, 0.4) is 0 Å². The molecule has 2 rings (SSSR count). The summed E-state index contributed by atoms with van der Waals surface area (Å²) in [6.45, 7) is 13.5. The average molecular weight is 375 g/mol. The zero-order chi connectivity index (χ0) is 19.3. The van der Waals surface area contributed by atoms with Crippen molar-refractivity contribution in [1.29, 1.82) is 0 Å². The first-order chi connectivity index (χ1) is 13.2. The number of benzene rings is 1. The highest BCUT2D eigenvalue weighted by Gasteiger charge is 2.18. The predicted molar refractivity (Wildman–Crippen MR) is 114 cm³/mol. The second kappa shape index (κ2) is 12.7. The summed E-state index contributed by atoms with van der Waals surface area (Å²) in [6.07, 6.45) is 3.70. The van der Waals surface area contributed by atoms with Gasteiger partial charge in [0.05, 0.1) is 6.10 Å². The third-order valence-electron chi connectivity index (χ3n) is 5.15. The molecule has 1 aromatic carbocycles. The summed E-state index contributed by atoms with van der Waals surface area (Å²) >= 11 is 0. The number of piperidine rings is 1. The van der Waals surface area contributed by atoms with Gasteiger partial charge in [-0.15, -0.1) is 0 Å². The Morgan fingerprint density at radius 3 is 2.81 bits per heavy atom. The summed E-state index contributed by atoms with van der Waals surface area (Å²) in [4.78, 5) is 7.35. The summed E-state index contributed by atoms with van der Waals surface area (Å²) < 4.78 is 5.94. The Morgan fingerprint density at radius 1 is 1.26 bits per heavy atom. The van der Waals surface area contributed by atoms with Gasteiger partial charge >= 0.3 is 0 Å². The number of guanidine groups is 1. The van der Waals surface area contributed by atoms with Crippen molar-refractivity contribution in [3.05, 3.63) is 35.9 Å². The zero-order valence-electron chi connectivity index (χ0n) is 17.4. The fourth-order valence-corrected chi connectivity index (χ4v) is 3.51. The third-order valence-corrected chi connectivity index (χ3v) is 5.15. The van der Waals surface area contributed by atoms with Gasteiger partial charge in [-0.2, -0.15) is 0 Å². The first-order valence-corrected chi connectivity index (χ1v) is 10.6. The van der Waals surface area contributed by atoms with Crippen molar-refractivity contribution in [3.63, 3.8) is 0 Å². The Kier molecular flexibility index (Phi) is 10.2. The predicted octanol–water partition coefficient (Wildman–Crippen LogP) is 3.44. The zero-order valence-corrected chi connectivity index (χ0v) is 17.4. The number of aliphatic imine (C=N–C) groups is 1. The summed E-state index contributed by atoms with van der Waals surface area (Å²) in [5, 5.41) is 6.80. The van der Waals surface area contributed by atoms with E-state index >= 15 is 0 Å². The molecule has 27 heavy (non-hydrogen) atoms. The number of ether oxygens (including phenoxy) is 1. The molecule has 1 aromatic rings. The molecule has 1 heterocycles. The summed E-state index contributed by atoms with van der Waals surface area (Å²) in [7, 11) is 0. The van der Waals surface area contributed by atoms with Crippen molar-refractivity contribution in [3.8, 4) is 0 Å². The minimum Gasteiger partial charge on any atom is -0.374 e. The van der Waals surface area contributed by atoms with E-state index in [9.17, 15) is 0 Å². The van der Waals surface area contributed by atoms with E-state index in [1.165, 1.54) is 31.5 Å². The highest BCUT2D eigenvalue weighted by Crippen LogP contribution is 2.17. The lowest BCUT2D eigenvalue weighted by atomic mass is 9.98. The first-order valence-electron chi connectivity index (χ1n) is 10.6. The molecule has 0 bridgehead atoms. The molecule has 5 nitrogen and oxygen atoms in total. The lowest BCUT2D eigenvalue weighted by Gasteiger charge is -2.31. The molecular weight excluding hydrogens is 336 g/mol. The maximum atomic E-state index is 5.94. The Bertz CT molecular complexity index is 534. The van der Waals surface area contributed by atoms with Crippen molar-refractivity contribution in [1.82, 2.24) is 15.5 Å². The molecular formula is C22H38N4O. The van der Waals surface area contributed by atoms with Crippen LogP contribution in [0.5, 0.6) is 0 Å². The molecule has 0 spiro atoms. The SMILES string of the molecule is CCNC(=NCC1CCCN(CC)C1)NCCCOC(C)c1ccccc1. The first kappa shape index (κ1) is 21.7. The minimum atomic E-state index is 0.140. The second-order valence-electron chi connectivity index (χ2n) is 7.33. The van der Waals surface area contributed by atoms with Crippen LogP contribution in [0.4, 0.5) is 0 Å². The smallest absolute Gasteiger partial charge is 0.191 e. The Balaban J connectivity index is 1.66. The van der Waals surface area contributed by atoms with Gasteiger partial charge in [-0.25, -0.2) is 0 Å². The van der Waals surface area contributed by atoms with Crippen molar-refractivity contribution in [2.45, 2.75) is 46.1 Å². The lowest BCUT2D eigenvalue weighted by Crippen LogP contribution is -2.40. The Labute approximate surface area is 165 Å². The number of nitrogens with zero attached hydrogens (tertiary/aromatic N) is 2. The van der Waals surface area contributed by atoms with Gasteiger partial charge in [0, 0.05) is 32.8 Å². The van der Waals surface area contributed by atoms with Gasteiger partial charge in [0.1, 0.15) is 0 Å². The number of nitrogens with one attached hydrogen (secondary N) is 2.